The van der Waals surface area contributed by atoms with Crippen LogP contribution in [0.3, 0.4) is 0 Å². The van der Waals surface area contributed by atoms with Gasteiger partial charge in [-0.15, -0.1) is 6.58 Å². The van der Waals surface area contributed by atoms with Gasteiger partial charge in [-0.2, -0.15) is 0 Å². The van der Waals surface area contributed by atoms with Gasteiger partial charge in [0.05, 0.1) is 0 Å². The maximum Gasteiger partial charge on any atom is 1.00 e. The summed E-state index contributed by atoms with van der Waals surface area (Å²) in [6.45, 7) is 10.4. The fourth-order valence-corrected chi connectivity index (χ4v) is 0.737. The van der Waals surface area contributed by atoms with Crippen molar-refractivity contribution in [1.82, 2.24) is 0 Å². The predicted octanol–water partition coefficient (Wildman–Crippen LogP) is -2.16. The molecular formula is C6H11NaOSi. The number of hydrogen-bond donors (Lipinski definition) is 0. The molecule has 0 atom stereocenters. The summed E-state index contributed by atoms with van der Waals surface area (Å²) in [6.07, 6.45) is 1.55. The fraction of sp³-hybridized carbons (Fsp3) is 0.333. The molecule has 0 aromatic rings. The normalized spacial score (nSPS) is 9.67. The first-order valence-corrected chi connectivity index (χ1v) is 5.41. The van der Waals surface area contributed by atoms with Crippen LogP contribution < -0.4 is 34.4 Å². The van der Waals surface area contributed by atoms with E-state index in [1.807, 2.05) is 0 Å². The summed E-state index contributed by atoms with van der Waals surface area (Å²) in [5.74, 6) is 0. The van der Waals surface area contributed by atoms with Crippen molar-refractivity contribution in [3.8, 4) is 0 Å². The third-order valence-electron chi connectivity index (χ3n) is 1.02. The third kappa shape index (κ3) is 5.12. The Morgan fingerprint density at radius 2 is 1.89 bits per heavy atom. The molecule has 0 unspecified atom stereocenters. The average molecular weight is 150 g/mol. The van der Waals surface area contributed by atoms with E-state index in [2.05, 4.69) is 13.2 Å². The van der Waals surface area contributed by atoms with E-state index in [-0.39, 0.29) is 29.6 Å². The van der Waals surface area contributed by atoms with Gasteiger partial charge in [0.15, 0.2) is 0 Å². The zero-order valence-corrected chi connectivity index (χ0v) is 9.40. The van der Waals surface area contributed by atoms with Gasteiger partial charge in [0, 0.05) is 0 Å². The van der Waals surface area contributed by atoms with Gasteiger partial charge in [-0.25, -0.2) is 0 Å². The van der Waals surface area contributed by atoms with Crippen molar-refractivity contribution >= 4 is 8.32 Å². The van der Waals surface area contributed by atoms with Crippen LogP contribution in [0.25, 0.3) is 0 Å². The molecule has 0 saturated heterocycles. The van der Waals surface area contributed by atoms with Crippen LogP contribution in [0.1, 0.15) is 0 Å². The molecule has 0 saturated carbocycles. The molecule has 0 fully saturated rings. The molecule has 0 aliphatic carbocycles. The Morgan fingerprint density at radius 1 is 1.56 bits per heavy atom. The van der Waals surface area contributed by atoms with Crippen molar-refractivity contribution < 1.29 is 34.4 Å². The third-order valence-corrected chi connectivity index (χ3v) is 2.77. The predicted molar refractivity (Wildman–Crippen MR) is 36.8 cm³/mol. The van der Waals surface area contributed by atoms with Gasteiger partial charge >= 0.3 is 29.6 Å². The van der Waals surface area contributed by atoms with Gasteiger partial charge < -0.3 is 4.80 Å². The molecule has 0 bridgehead atoms. The Balaban J connectivity index is 0. The molecule has 3 heteroatoms. The maximum atomic E-state index is 11.0. The SMILES string of the molecule is C=CC(=C)[Si](C)(C)[O-].[Na+]. The minimum atomic E-state index is -2.32. The first kappa shape index (κ1) is 12.3. The van der Waals surface area contributed by atoms with Crippen LogP contribution in [0.15, 0.2) is 24.4 Å². The van der Waals surface area contributed by atoms with Crippen molar-refractivity contribution in [2.75, 3.05) is 0 Å². The second-order valence-electron chi connectivity index (χ2n) is 2.24. The summed E-state index contributed by atoms with van der Waals surface area (Å²) < 4.78 is 0. The van der Waals surface area contributed by atoms with E-state index in [1.165, 1.54) is 0 Å². The average Bonchev–Trinajstić information content (AvgIpc) is 1.62. The summed E-state index contributed by atoms with van der Waals surface area (Å²) in [5.41, 5.74) is 0. The smallest absolute Gasteiger partial charge is 0.855 e. The van der Waals surface area contributed by atoms with Gasteiger partial charge in [0.25, 0.3) is 0 Å². The summed E-state index contributed by atoms with van der Waals surface area (Å²) in [5, 5.41) is 0.678. The minimum Gasteiger partial charge on any atom is -0.855 e. The number of hydrogen-bond acceptors (Lipinski definition) is 1. The Kier molecular flexibility index (Phi) is 6.13. The van der Waals surface area contributed by atoms with E-state index in [4.69, 9.17) is 0 Å². The van der Waals surface area contributed by atoms with Crippen LogP contribution in [0.2, 0.25) is 13.1 Å². The van der Waals surface area contributed by atoms with Crippen LogP contribution in [-0.2, 0) is 0 Å². The topological polar surface area (TPSA) is 23.1 Å². The van der Waals surface area contributed by atoms with Gasteiger partial charge in [-0.05, 0) is 8.32 Å². The van der Waals surface area contributed by atoms with Crippen molar-refractivity contribution in [2.24, 2.45) is 0 Å². The van der Waals surface area contributed by atoms with E-state index in [1.54, 1.807) is 19.2 Å². The van der Waals surface area contributed by atoms with Crippen molar-refractivity contribution in [2.45, 2.75) is 13.1 Å². The molecule has 0 radical (unpaired) electrons. The molecule has 46 valence electrons. The quantitative estimate of drug-likeness (QED) is 0.325. The zero-order valence-electron chi connectivity index (χ0n) is 6.40. The molecule has 0 aromatic carbocycles. The standard InChI is InChI=1S/C6H11OSi.Na/c1-5-6(2)8(3,4)7;/h5H,1-2H2,3-4H3;/q-1;+1. The fourth-order valence-electron chi connectivity index (χ4n) is 0.246. The molecule has 0 spiro atoms. The molecule has 0 heterocycles. The van der Waals surface area contributed by atoms with E-state index in [0.717, 1.165) is 0 Å². The van der Waals surface area contributed by atoms with E-state index < -0.39 is 8.32 Å². The monoisotopic (exact) mass is 150 g/mol. The van der Waals surface area contributed by atoms with Crippen LogP contribution in [0.4, 0.5) is 0 Å². The first-order chi connectivity index (χ1) is 3.48. The van der Waals surface area contributed by atoms with E-state index in [9.17, 15) is 4.80 Å². The van der Waals surface area contributed by atoms with Crippen LogP contribution in [0.5, 0.6) is 0 Å². The van der Waals surface area contributed by atoms with E-state index in [0.29, 0.717) is 5.20 Å². The number of rotatable bonds is 2. The first-order valence-electron chi connectivity index (χ1n) is 2.50. The van der Waals surface area contributed by atoms with Gasteiger partial charge in [-0.3, -0.25) is 0 Å². The molecular weight excluding hydrogens is 139 g/mol. The zero-order chi connectivity index (χ0) is 6.78. The van der Waals surface area contributed by atoms with Gasteiger partial charge in [-0.1, -0.05) is 30.9 Å². The summed E-state index contributed by atoms with van der Waals surface area (Å²) in [6, 6.07) is 0. The van der Waals surface area contributed by atoms with Gasteiger partial charge in [0.2, 0.25) is 0 Å². The Morgan fingerprint density at radius 3 is 1.89 bits per heavy atom. The van der Waals surface area contributed by atoms with Crippen molar-refractivity contribution in [1.29, 1.82) is 0 Å². The summed E-state index contributed by atoms with van der Waals surface area (Å²) >= 11 is 0. The van der Waals surface area contributed by atoms with Crippen molar-refractivity contribution in [3.05, 3.63) is 24.4 Å². The Bertz CT molecular complexity index is 115. The van der Waals surface area contributed by atoms with Crippen molar-refractivity contribution in [3.63, 3.8) is 0 Å². The molecule has 0 N–H and O–H groups in total. The molecule has 0 aliphatic heterocycles. The molecule has 0 aliphatic rings. The molecule has 1 nitrogen and oxygen atoms in total. The molecule has 0 amide bonds. The largest absolute Gasteiger partial charge is 1.00 e. The van der Waals surface area contributed by atoms with Gasteiger partial charge in [0.1, 0.15) is 0 Å². The van der Waals surface area contributed by atoms with Crippen LogP contribution >= 0.6 is 0 Å². The Labute approximate surface area is 79.9 Å². The van der Waals surface area contributed by atoms with Crippen LogP contribution in [0, 0.1) is 0 Å². The molecule has 9 heavy (non-hydrogen) atoms. The number of allylic oxidation sites excluding steroid dienone is 2. The summed E-state index contributed by atoms with van der Waals surface area (Å²) in [7, 11) is -2.32. The second kappa shape index (κ2) is 4.47. The van der Waals surface area contributed by atoms with Crippen LogP contribution in [-0.4, -0.2) is 8.32 Å². The maximum absolute atomic E-state index is 11.0. The summed E-state index contributed by atoms with van der Waals surface area (Å²) in [4.78, 5) is 11.0. The second-order valence-corrected chi connectivity index (χ2v) is 5.90. The Hall–Kier alpha value is 0.657. The van der Waals surface area contributed by atoms with E-state index >= 15 is 0 Å². The molecule has 0 rings (SSSR count). The molecule has 0 aromatic heterocycles. The minimum absolute atomic E-state index is 0.